The first-order valence-corrected chi connectivity index (χ1v) is 9.94. The molecule has 0 spiro atoms. The van der Waals surface area contributed by atoms with Crippen molar-refractivity contribution in [1.82, 2.24) is 0 Å². The van der Waals surface area contributed by atoms with Crippen LogP contribution in [-0.2, 0) is 20.7 Å². The van der Waals surface area contributed by atoms with Crippen molar-refractivity contribution < 1.29 is 14.3 Å². The molecular formula is C24H28O3. The molecule has 27 heavy (non-hydrogen) atoms. The molecule has 1 fully saturated rings. The summed E-state index contributed by atoms with van der Waals surface area (Å²) in [6.07, 6.45) is 3.93. The van der Waals surface area contributed by atoms with E-state index in [1.54, 1.807) is 0 Å². The monoisotopic (exact) mass is 364 g/mol. The minimum Gasteiger partial charge on any atom is -0.466 e. The van der Waals surface area contributed by atoms with Gasteiger partial charge in [0.05, 0.1) is 12.5 Å². The lowest BCUT2D eigenvalue weighted by molar-refractivity contribution is -0.153. The summed E-state index contributed by atoms with van der Waals surface area (Å²) in [5.41, 5.74) is 4.54. The van der Waals surface area contributed by atoms with Gasteiger partial charge < -0.3 is 4.74 Å². The number of rotatable bonds is 6. The maximum Gasteiger partial charge on any atom is 0.309 e. The number of hydrogen-bond acceptors (Lipinski definition) is 3. The van der Waals surface area contributed by atoms with Crippen molar-refractivity contribution in [3.8, 4) is 11.1 Å². The van der Waals surface area contributed by atoms with Crippen molar-refractivity contribution in [2.24, 2.45) is 11.8 Å². The Hall–Kier alpha value is -2.42. The lowest BCUT2D eigenvalue weighted by atomic mass is 9.75. The van der Waals surface area contributed by atoms with Crippen LogP contribution in [0.25, 0.3) is 11.1 Å². The van der Waals surface area contributed by atoms with E-state index in [4.69, 9.17) is 4.74 Å². The molecule has 1 aliphatic rings. The van der Waals surface area contributed by atoms with Crippen LogP contribution in [0.1, 0.15) is 43.7 Å². The van der Waals surface area contributed by atoms with Gasteiger partial charge in [-0.25, -0.2) is 0 Å². The fraction of sp³-hybridized carbons (Fsp3) is 0.417. The van der Waals surface area contributed by atoms with Crippen LogP contribution in [0, 0.1) is 18.8 Å². The lowest BCUT2D eigenvalue weighted by Crippen LogP contribution is -2.34. The molecule has 0 heterocycles. The minimum atomic E-state index is -0.272. The highest BCUT2D eigenvalue weighted by atomic mass is 16.5. The highest BCUT2D eigenvalue weighted by molar-refractivity contribution is 5.88. The Kier molecular flexibility index (Phi) is 6.44. The Morgan fingerprint density at radius 2 is 1.74 bits per heavy atom. The van der Waals surface area contributed by atoms with Crippen LogP contribution in [0.2, 0.25) is 0 Å². The molecule has 142 valence electrons. The van der Waals surface area contributed by atoms with Crippen LogP contribution in [0.4, 0.5) is 0 Å². The summed E-state index contributed by atoms with van der Waals surface area (Å²) in [7, 11) is 0. The molecule has 0 radical (unpaired) electrons. The van der Waals surface area contributed by atoms with Gasteiger partial charge in [-0.15, -0.1) is 0 Å². The molecule has 3 nitrogen and oxygen atoms in total. The van der Waals surface area contributed by atoms with Gasteiger partial charge in [-0.1, -0.05) is 61.4 Å². The fourth-order valence-electron chi connectivity index (χ4n) is 4.13. The van der Waals surface area contributed by atoms with E-state index in [1.165, 1.54) is 11.1 Å². The third-order valence-corrected chi connectivity index (χ3v) is 5.53. The first-order valence-electron chi connectivity index (χ1n) is 9.94. The van der Waals surface area contributed by atoms with Gasteiger partial charge >= 0.3 is 5.97 Å². The van der Waals surface area contributed by atoms with Gasteiger partial charge in [0, 0.05) is 12.3 Å². The van der Waals surface area contributed by atoms with E-state index < -0.39 is 0 Å². The molecule has 3 rings (SSSR count). The van der Waals surface area contributed by atoms with Gasteiger partial charge in [0.2, 0.25) is 0 Å². The van der Waals surface area contributed by atoms with Gasteiger partial charge in [0.1, 0.15) is 5.78 Å². The summed E-state index contributed by atoms with van der Waals surface area (Å²) in [6, 6.07) is 16.5. The fourth-order valence-corrected chi connectivity index (χ4v) is 4.13. The number of carbonyl (C=O) groups is 2. The van der Waals surface area contributed by atoms with Crippen molar-refractivity contribution in [2.75, 3.05) is 6.61 Å². The van der Waals surface area contributed by atoms with Gasteiger partial charge in [-0.3, -0.25) is 9.59 Å². The zero-order chi connectivity index (χ0) is 19.2. The number of hydrogen-bond donors (Lipinski definition) is 0. The Bertz CT molecular complexity index is 809. The largest absolute Gasteiger partial charge is 0.466 e. The summed E-state index contributed by atoms with van der Waals surface area (Å²) < 4.78 is 5.21. The summed E-state index contributed by atoms with van der Waals surface area (Å²) in [5.74, 6) is -0.524. The van der Waals surface area contributed by atoms with Crippen molar-refractivity contribution in [1.29, 1.82) is 0 Å². The normalized spacial score (nSPS) is 19.5. The molecule has 0 bridgehead atoms. The zero-order valence-electron chi connectivity index (χ0n) is 16.2. The summed E-state index contributed by atoms with van der Waals surface area (Å²) in [5, 5.41) is 0. The van der Waals surface area contributed by atoms with E-state index in [0.29, 0.717) is 13.0 Å². The molecule has 1 saturated carbocycles. The van der Waals surface area contributed by atoms with Gasteiger partial charge in [-0.2, -0.15) is 0 Å². The van der Waals surface area contributed by atoms with E-state index >= 15 is 0 Å². The topological polar surface area (TPSA) is 43.4 Å². The summed E-state index contributed by atoms with van der Waals surface area (Å²) >= 11 is 0. The van der Waals surface area contributed by atoms with Crippen LogP contribution in [0.5, 0.6) is 0 Å². The van der Waals surface area contributed by atoms with E-state index in [0.717, 1.165) is 36.8 Å². The maximum absolute atomic E-state index is 13.0. The average molecular weight is 364 g/mol. The first kappa shape index (κ1) is 19.3. The molecule has 2 aromatic carbocycles. The third kappa shape index (κ3) is 4.65. The Balaban J connectivity index is 1.76. The van der Waals surface area contributed by atoms with Crippen LogP contribution < -0.4 is 0 Å². The number of aryl methyl sites for hydroxylation is 1. The van der Waals surface area contributed by atoms with Crippen molar-refractivity contribution in [3.05, 3.63) is 59.7 Å². The number of ether oxygens (including phenoxy) is 1. The van der Waals surface area contributed by atoms with Gasteiger partial charge in [0.25, 0.3) is 0 Å². The first-order chi connectivity index (χ1) is 13.1. The molecule has 0 aliphatic heterocycles. The molecule has 0 aromatic heterocycles. The predicted molar refractivity (Wildman–Crippen MR) is 107 cm³/mol. The Morgan fingerprint density at radius 1 is 1.00 bits per heavy atom. The van der Waals surface area contributed by atoms with E-state index in [-0.39, 0.29) is 23.6 Å². The molecule has 3 heteroatoms. The van der Waals surface area contributed by atoms with Crippen LogP contribution in [0.15, 0.2) is 48.5 Å². The van der Waals surface area contributed by atoms with E-state index in [9.17, 15) is 9.59 Å². The SMILES string of the molecule is CCOC(=O)C1CCCCC1C(=O)Cc1cccc(-c2ccccc2C)c1. The average Bonchev–Trinajstić information content (AvgIpc) is 2.68. The van der Waals surface area contributed by atoms with Crippen LogP contribution in [0.3, 0.4) is 0 Å². The molecule has 2 aromatic rings. The summed E-state index contributed by atoms with van der Waals surface area (Å²) in [6.45, 7) is 4.28. The lowest BCUT2D eigenvalue weighted by Gasteiger charge is -2.28. The molecule has 0 N–H and O–H groups in total. The van der Waals surface area contributed by atoms with Gasteiger partial charge in [-0.05, 0) is 48.9 Å². The number of benzene rings is 2. The Morgan fingerprint density at radius 3 is 2.48 bits per heavy atom. The smallest absolute Gasteiger partial charge is 0.309 e. The second-order valence-electron chi connectivity index (χ2n) is 7.41. The highest BCUT2D eigenvalue weighted by Crippen LogP contribution is 2.33. The number of carbonyl (C=O) groups excluding carboxylic acids is 2. The highest BCUT2D eigenvalue weighted by Gasteiger charge is 2.36. The summed E-state index contributed by atoms with van der Waals surface area (Å²) in [4.78, 5) is 25.3. The number of Topliss-reactive ketones (excluding diaryl/α,β-unsaturated/α-hetero) is 1. The van der Waals surface area contributed by atoms with Crippen LogP contribution in [-0.4, -0.2) is 18.4 Å². The van der Waals surface area contributed by atoms with E-state index in [1.807, 2.05) is 31.2 Å². The maximum atomic E-state index is 13.0. The predicted octanol–water partition coefficient (Wildman–Crippen LogP) is 5.14. The molecule has 2 unspecified atom stereocenters. The number of esters is 1. The quantitative estimate of drug-likeness (QED) is 0.666. The Labute approximate surface area is 161 Å². The van der Waals surface area contributed by atoms with Gasteiger partial charge in [0.15, 0.2) is 0 Å². The van der Waals surface area contributed by atoms with Crippen molar-refractivity contribution >= 4 is 11.8 Å². The molecule has 0 saturated heterocycles. The zero-order valence-corrected chi connectivity index (χ0v) is 16.2. The standard InChI is InChI=1S/C24H28O3/c1-3-27-24(26)22-14-7-6-13-21(22)23(25)16-18-10-8-11-19(15-18)20-12-5-4-9-17(20)2/h4-5,8-12,15,21-22H,3,6-7,13-14,16H2,1-2H3. The van der Waals surface area contributed by atoms with Crippen molar-refractivity contribution in [2.45, 2.75) is 46.0 Å². The molecular weight excluding hydrogens is 336 g/mol. The molecule has 1 aliphatic carbocycles. The second-order valence-corrected chi connectivity index (χ2v) is 7.41. The second kappa shape index (κ2) is 8.98. The van der Waals surface area contributed by atoms with Crippen molar-refractivity contribution in [3.63, 3.8) is 0 Å². The third-order valence-electron chi connectivity index (χ3n) is 5.53. The number of ketones is 1. The molecule has 2 atom stereocenters. The van der Waals surface area contributed by atoms with Crippen LogP contribution >= 0.6 is 0 Å². The minimum absolute atomic E-state index is 0.162. The van der Waals surface area contributed by atoms with E-state index in [2.05, 4.69) is 31.2 Å². The molecule has 0 amide bonds.